The molecule has 2 aromatic heterocycles. The van der Waals surface area contributed by atoms with Crippen molar-refractivity contribution >= 4 is 23.2 Å². The molecule has 0 radical (unpaired) electrons. The Hall–Kier alpha value is -1.40. The van der Waals surface area contributed by atoms with Crippen molar-refractivity contribution in [3.8, 4) is 0 Å². The first-order valence-corrected chi connectivity index (χ1v) is 6.80. The number of anilines is 1. The first-order chi connectivity index (χ1) is 9.15. The molecular formula is C12H17ClN6. The number of hydrogen-bond donors (Lipinski definition) is 0. The van der Waals surface area contributed by atoms with Gasteiger partial charge in [0, 0.05) is 25.7 Å². The van der Waals surface area contributed by atoms with Crippen LogP contribution in [0.3, 0.4) is 0 Å². The van der Waals surface area contributed by atoms with Crippen molar-refractivity contribution in [2.24, 2.45) is 0 Å². The zero-order valence-corrected chi connectivity index (χ0v) is 11.9. The highest BCUT2D eigenvalue weighted by atomic mass is 35.5. The predicted molar refractivity (Wildman–Crippen MR) is 74.7 cm³/mol. The van der Waals surface area contributed by atoms with Gasteiger partial charge in [0.2, 0.25) is 0 Å². The lowest BCUT2D eigenvalue weighted by atomic mass is 10.2. The van der Waals surface area contributed by atoms with E-state index in [1.165, 1.54) is 25.7 Å². The van der Waals surface area contributed by atoms with Crippen LogP contribution < -0.4 is 4.90 Å². The number of fused-ring (bicyclic) bond motifs is 1. The summed E-state index contributed by atoms with van der Waals surface area (Å²) in [7, 11) is 4.23. The van der Waals surface area contributed by atoms with Crippen molar-refractivity contribution in [2.45, 2.75) is 18.9 Å². The van der Waals surface area contributed by atoms with Crippen LogP contribution in [0.4, 0.5) is 5.82 Å². The molecule has 1 saturated heterocycles. The van der Waals surface area contributed by atoms with Gasteiger partial charge in [-0.2, -0.15) is 19.6 Å². The molecule has 0 amide bonds. The maximum absolute atomic E-state index is 6.04. The van der Waals surface area contributed by atoms with E-state index in [0.717, 1.165) is 12.4 Å². The third-order valence-electron chi connectivity index (χ3n) is 3.75. The minimum absolute atomic E-state index is 0.446. The second-order valence-corrected chi connectivity index (χ2v) is 5.45. The first-order valence-electron chi connectivity index (χ1n) is 6.43. The molecule has 1 atom stereocenters. The van der Waals surface area contributed by atoms with Gasteiger partial charge in [-0.1, -0.05) is 11.6 Å². The lowest BCUT2D eigenvalue weighted by Gasteiger charge is -2.27. The Bertz CT molecular complexity index is 583. The van der Waals surface area contributed by atoms with Crippen LogP contribution >= 0.6 is 11.6 Å². The summed E-state index contributed by atoms with van der Waals surface area (Å²) in [5, 5.41) is 4.65. The Kier molecular flexibility index (Phi) is 3.28. The van der Waals surface area contributed by atoms with E-state index in [9.17, 15) is 0 Å². The van der Waals surface area contributed by atoms with Crippen LogP contribution in [0.25, 0.3) is 5.78 Å². The van der Waals surface area contributed by atoms with E-state index in [0.29, 0.717) is 17.0 Å². The Morgan fingerprint density at radius 3 is 3.11 bits per heavy atom. The standard InChI is InChI=1S/C12H17ClN6/c1-17-5-3-4-9(17)7-18(2)11-6-10(13)16-12-14-8-15-19(11)12/h6,8-9H,3-5,7H2,1-2H3. The molecule has 0 aliphatic carbocycles. The summed E-state index contributed by atoms with van der Waals surface area (Å²) >= 11 is 6.04. The van der Waals surface area contributed by atoms with Gasteiger partial charge in [-0.05, 0) is 26.4 Å². The van der Waals surface area contributed by atoms with Crippen LogP contribution in [-0.2, 0) is 0 Å². The van der Waals surface area contributed by atoms with Gasteiger partial charge in [-0.3, -0.25) is 0 Å². The highest BCUT2D eigenvalue weighted by molar-refractivity contribution is 6.29. The van der Waals surface area contributed by atoms with Crippen molar-refractivity contribution in [2.75, 3.05) is 32.1 Å². The minimum Gasteiger partial charge on any atom is -0.358 e. The molecule has 0 N–H and O–H groups in total. The summed E-state index contributed by atoms with van der Waals surface area (Å²) in [6.45, 7) is 2.13. The van der Waals surface area contributed by atoms with Crippen molar-refractivity contribution in [1.82, 2.24) is 24.5 Å². The minimum atomic E-state index is 0.446. The fourth-order valence-corrected chi connectivity index (χ4v) is 2.83. The Morgan fingerprint density at radius 2 is 2.37 bits per heavy atom. The van der Waals surface area contributed by atoms with Gasteiger partial charge in [0.25, 0.3) is 5.78 Å². The molecule has 102 valence electrons. The van der Waals surface area contributed by atoms with E-state index in [1.807, 2.05) is 6.07 Å². The number of nitrogens with zero attached hydrogens (tertiary/aromatic N) is 6. The van der Waals surface area contributed by atoms with Gasteiger partial charge >= 0.3 is 0 Å². The van der Waals surface area contributed by atoms with Gasteiger partial charge in [0.05, 0.1) is 0 Å². The number of likely N-dealkylation sites (tertiary alicyclic amines) is 1. The van der Waals surface area contributed by atoms with Crippen LogP contribution in [0, 0.1) is 0 Å². The van der Waals surface area contributed by atoms with E-state index >= 15 is 0 Å². The fourth-order valence-electron chi connectivity index (χ4n) is 2.66. The molecule has 3 rings (SSSR count). The molecule has 3 heterocycles. The molecule has 1 fully saturated rings. The molecule has 0 bridgehead atoms. The van der Waals surface area contributed by atoms with E-state index in [1.54, 1.807) is 4.52 Å². The maximum atomic E-state index is 6.04. The first kappa shape index (κ1) is 12.6. The zero-order valence-electron chi connectivity index (χ0n) is 11.1. The van der Waals surface area contributed by atoms with Crippen molar-refractivity contribution in [3.63, 3.8) is 0 Å². The Labute approximate surface area is 117 Å². The van der Waals surface area contributed by atoms with Crippen LogP contribution in [0.2, 0.25) is 5.15 Å². The molecule has 0 saturated carbocycles. The number of halogens is 1. The van der Waals surface area contributed by atoms with E-state index in [-0.39, 0.29) is 0 Å². The fraction of sp³-hybridized carbons (Fsp3) is 0.583. The number of hydrogen-bond acceptors (Lipinski definition) is 5. The molecule has 19 heavy (non-hydrogen) atoms. The lowest BCUT2D eigenvalue weighted by molar-refractivity contribution is 0.313. The third-order valence-corrected chi connectivity index (χ3v) is 3.94. The van der Waals surface area contributed by atoms with Crippen LogP contribution in [-0.4, -0.2) is 57.7 Å². The van der Waals surface area contributed by atoms with Crippen molar-refractivity contribution < 1.29 is 0 Å². The van der Waals surface area contributed by atoms with Crippen molar-refractivity contribution in [3.05, 3.63) is 17.5 Å². The highest BCUT2D eigenvalue weighted by Crippen LogP contribution is 2.21. The summed E-state index contributed by atoms with van der Waals surface area (Å²) in [6, 6.07) is 2.41. The quantitative estimate of drug-likeness (QED) is 0.794. The average Bonchev–Trinajstić information content (AvgIpc) is 2.98. The molecule has 2 aromatic rings. The van der Waals surface area contributed by atoms with E-state index < -0.39 is 0 Å². The van der Waals surface area contributed by atoms with Gasteiger partial charge in [0.1, 0.15) is 17.3 Å². The van der Waals surface area contributed by atoms with Gasteiger partial charge in [-0.25, -0.2) is 0 Å². The molecule has 7 heteroatoms. The van der Waals surface area contributed by atoms with Crippen LogP contribution in [0.5, 0.6) is 0 Å². The summed E-state index contributed by atoms with van der Waals surface area (Å²) in [4.78, 5) is 12.8. The third kappa shape index (κ3) is 2.37. The second kappa shape index (κ2) is 4.94. The average molecular weight is 281 g/mol. The summed E-state index contributed by atoms with van der Waals surface area (Å²) in [6.07, 6.45) is 4.00. The molecule has 6 nitrogen and oxygen atoms in total. The Morgan fingerprint density at radius 1 is 1.53 bits per heavy atom. The van der Waals surface area contributed by atoms with Gasteiger partial charge < -0.3 is 9.80 Å². The molecule has 0 spiro atoms. The maximum Gasteiger partial charge on any atom is 0.255 e. The van der Waals surface area contributed by atoms with Crippen LogP contribution in [0.15, 0.2) is 12.4 Å². The summed E-state index contributed by atoms with van der Waals surface area (Å²) in [5.74, 6) is 1.46. The predicted octanol–water partition coefficient (Wildman–Crippen LogP) is 1.31. The van der Waals surface area contributed by atoms with Crippen LogP contribution in [0.1, 0.15) is 12.8 Å². The second-order valence-electron chi connectivity index (χ2n) is 5.07. The summed E-state index contributed by atoms with van der Waals surface area (Å²) in [5.41, 5.74) is 0. The molecule has 0 aromatic carbocycles. The smallest absolute Gasteiger partial charge is 0.255 e. The molecule has 1 aliphatic heterocycles. The zero-order chi connectivity index (χ0) is 13.4. The molecular weight excluding hydrogens is 264 g/mol. The van der Waals surface area contributed by atoms with Gasteiger partial charge in [0.15, 0.2) is 0 Å². The van der Waals surface area contributed by atoms with E-state index in [2.05, 4.69) is 39.0 Å². The lowest BCUT2D eigenvalue weighted by Crippen LogP contribution is -2.37. The molecule has 1 aliphatic rings. The van der Waals surface area contributed by atoms with Crippen molar-refractivity contribution in [1.29, 1.82) is 0 Å². The SMILES string of the molecule is CN(CC1CCCN1C)c1cc(Cl)nc2ncnn12. The van der Waals surface area contributed by atoms with E-state index in [4.69, 9.17) is 11.6 Å². The normalized spacial score (nSPS) is 20.3. The topological polar surface area (TPSA) is 49.6 Å². The number of aromatic nitrogens is 4. The number of likely N-dealkylation sites (N-methyl/N-ethyl adjacent to an activating group) is 2. The van der Waals surface area contributed by atoms with Gasteiger partial charge in [-0.15, -0.1) is 0 Å². The largest absolute Gasteiger partial charge is 0.358 e. The highest BCUT2D eigenvalue weighted by Gasteiger charge is 2.23. The monoisotopic (exact) mass is 280 g/mol. The number of rotatable bonds is 3. The molecule has 1 unspecified atom stereocenters. The Balaban J connectivity index is 1.88. The summed E-state index contributed by atoms with van der Waals surface area (Å²) < 4.78 is 1.72.